The summed E-state index contributed by atoms with van der Waals surface area (Å²) >= 11 is 0. The van der Waals surface area contributed by atoms with E-state index < -0.39 is 0 Å². The molecule has 2 aliphatic carbocycles. The summed E-state index contributed by atoms with van der Waals surface area (Å²) in [5, 5.41) is 3.96. The number of para-hydroxylation sites is 2. The second kappa shape index (κ2) is 11.2. The normalized spacial score (nSPS) is 17.9. The highest BCUT2D eigenvalue weighted by Gasteiger charge is 2.36. The maximum atomic E-state index is 6.63. The summed E-state index contributed by atoms with van der Waals surface area (Å²) in [6.45, 7) is 2.30. The van der Waals surface area contributed by atoms with Crippen LogP contribution in [0.25, 0.3) is 61.1 Å². The number of benzene rings is 6. The van der Waals surface area contributed by atoms with Crippen LogP contribution in [0.15, 0.2) is 150 Å². The minimum Gasteiger partial charge on any atom is -0.460 e. The van der Waals surface area contributed by atoms with Gasteiger partial charge in [0.05, 0.1) is 11.6 Å². The van der Waals surface area contributed by atoms with Gasteiger partial charge in [0.15, 0.2) is 0 Å². The predicted molar refractivity (Wildman–Crippen MR) is 204 cm³/mol. The van der Waals surface area contributed by atoms with E-state index in [4.69, 9.17) is 4.42 Å². The average molecular weight is 632 g/mol. The summed E-state index contributed by atoms with van der Waals surface area (Å²) in [5.41, 5.74) is 14.5. The van der Waals surface area contributed by atoms with Gasteiger partial charge in [0.1, 0.15) is 11.3 Å². The van der Waals surface area contributed by atoms with Crippen molar-refractivity contribution < 1.29 is 4.42 Å². The van der Waals surface area contributed by atoms with Crippen molar-refractivity contribution >= 4 is 38.9 Å². The minimum atomic E-state index is 0.154. The molecular weight excluding hydrogens is 595 g/mol. The number of furan rings is 1. The molecular formula is C47H37NO. The zero-order valence-electron chi connectivity index (χ0n) is 27.6. The standard InChI is InChI=1S/C47H37NO/c1-2-33-42(27-26-39-36-19-9-11-22-44(36)49-47(33)39)48-41-21-10-8-20-40(41)46-43(48)28-25-38-35-18-7-6-17-34(35)37(45(38)46)24-23-30-13-12-16-32(29-30)31-14-4-3-5-15-31/h3-22,25-29,33,37,42H,2,23-24H2,1H3. The van der Waals surface area contributed by atoms with E-state index in [0.29, 0.717) is 5.92 Å². The number of aromatic nitrogens is 1. The summed E-state index contributed by atoms with van der Waals surface area (Å²) < 4.78 is 9.25. The van der Waals surface area contributed by atoms with Crippen molar-refractivity contribution in [1.29, 1.82) is 0 Å². The molecule has 2 aliphatic rings. The fraction of sp³-hybridized carbons (Fsp3) is 0.149. The maximum Gasteiger partial charge on any atom is 0.134 e. The van der Waals surface area contributed by atoms with E-state index in [1.807, 2.05) is 0 Å². The molecule has 6 aromatic carbocycles. The van der Waals surface area contributed by atoms with E-state index in [2.05, 4.69) is 163 Å². The second-order valence-corrected chi connectivity index (χ2v) is 13.8. The largest absolute Gasteiger partial charge is 0.460 e. The first-order valence-electron chi connectivity index (χ1n) is 17.8. The molecule has 8 aromatic rings. The van der Waals surface area contributed by atoms with E-state index in [1.54, 1.807) is 0 Å². The van der Waals surface area contributed by atoms with Crippen LogP contribution >= 0.6 is 0 Å². The molecule has 0 saturated heterocycles. The first-order valence-corrected chi connectivity index (χ1v) is 17.8. The lowest BCUT2D eigenvalue weighted by Crippen LogP contribution is -2.18. The summed E-state index contributed by atoms with van der Waals surface area (Å²) in [7, 11) is 0. The summed E-state index contributed by atoms with van der Waals surface area (Å²) in [5.74, 6) is 1.68. The lowest BCUT2D eigenvalue weighted by atomic mass is 9.86. The van der Waals surface area contributed by atoms with Crippen LogP contribution in [0.1, 0.15) is 65.7 Å². The molecule has 2 aromatic heterocycles. The zero-order valence-corrected chi connectivity index (χ0v) is 27.6. The number of fused-ring (bicyclic) bond motifs is 10. The van der Waals surface area contributed by atoms with Gasteiger partial charge in [-0.05, 0) is 76.4 Å². The molecule has 10 rings (SSSR count). The van der Waals surface area contributed by atoms with Crippen LogP contribution < -0.4 is 0 Å². The van der Waals surface area contributed by atoms with Gasteiger partial charge in [0.25, 0.3) is 0 Å². The maximum absolute atomic E-state index is 6.63. The molecule has 2 nitrogen and oxygen atoms in total. The average Bonchev–Trinajstić information content (AvgIpc) is 3.81. The molecule has 3 atom stereocenters. The van der Waals surface area contributed by atoms with Crippen LogP contribution in [0, 0.1) is 0 Å². The highest BCUT2D eigenvalue weighted by molar-refractivity contribution is 6.13. The van der Waals surface area contributed by atoms with Crippen LogP contribution in [0.5, 0.6) is 0 Å². The molecule has 0 amide bonds. The summed E-state index contributed by atoms with van der Waals surface area (Å²) in [6.07, 6.45) is 7.82. The summed E-state index contributed by atoms with van der Waals surface area (Å²) in [4.78, 5) is 0. The fourth-order valence-electron chi connectivity index (χ4n) is 9.09. The third-order valence-electron chi connectivity index (χ3n) is 11.3. The number of allylic oxidation sites excluding steroid dienone is 1. The van der Waals surface area contributed by atoms with E-state index in [9.17, 15) is 0 Å². The predicted octanol–water partition coefficient (Wildman–Crippen LogP) is 12.7. The monoisotopic (exact) mass is 631 g/mol. The topological polar surface area (TPSA) is 18.1 Å². The van der Waals surface area contributed by atoms with Crippen LogP contribution in [0.2, 0.25) is 0 Å². The lowest BCUT2D eigenvalue weighted by molar-refractivity contribution is 0.407. The Hall–Kier alpha value is -5.60. The third kappa shape index (κ3) is 4.33. The third-order valence-corrected chi connectivity index (χ3v) is 11.3. The van der Waals surface area contributed by atoms with Crippen LogP contribution in [-0.2, 0) is 6.42 Å². The molecule has 236 valence electrons. The Morgan fingerprint density at radius 3 is 2.33 bits per heavy atom. The van der Waals surface area contributed by atoms with E-state index >= 15 is 0 Å². The van der Waals surface area contributed by atoms with Gasteiger partial charge in [0.2, 0.25) is 0 Å². The van der Waals surface area contributed by atoms with Gasteiger partial charge in [-0.15, -0.1) is 0 Å². The van der Waals surface area contributed by atoms with Crippen molar-refractivity contribution in [3.8, 4) is 22.3 Å². The van der Waals surface area contributed by atoms with Crippen molar-refractivity contribution in [2.75, 3.05) is 0 Å². The molecule has 0 radical (unpaired) electrons. The number of nitrogens with zero attached hydrogens (tertiary/aromatic N) is 1. The van der Waals surface area contributed by atoms with Crippen LogP contribution in [-0.4, -0.2) is 4.57 Å². The zero-order chi connectivity index (χ0) is 32.5. The van der Waals surface area contributed by atoms with Crippen molar-refractivity contribution in [2.24, 2.45) is 0 Å². The van der Waals surface area contributed by atoms with Gasteiger partial charge in [0, 0.05) is 39.1 Å². The molecule has 2 heteroatoms. The number of hydrogen-bond acceptors (Lipinski definition) is 1. The smallest absolute Gasteiger partial charge is 0.134 e. The number of aryl methyl sites for hydroxylation is 1. The number of rotatable bonds is 6. The van der Waals surface area contributed by atoms with Gasteiger partial charge in [-0.25, -0.2) is 0 Å². The Balaban J connectivity index is 1.12. The van der Waals surface area contributed by atoms with E-state index in [-0.39, 0.29) is 12.0 Å². The second-order valence-electron chi connectivity index (χ2n) is 13.8. The van der Waals surface area contributed by atoms with E-state index in [1.165, 1.54) is 71.7 Å². The van der Waals surface area contributed by atoms with Crippen LogP contribution in [0.3, 0.4) is 0 Å². The molecule has 0 saturated carbocycles. The molecule has 2 heterocycles. The van der Waals surface area contributed by atoms with Crippen molar-refractivity contribution in [3.63, 3.8) is 0 Å². The fourth-order valence-corrected chi connectivity index (χ4v) is 9.09. The molecule has 0 bridgehead atoms. The van der Waals surface area contributed by atoms with Gasteiger partial charge >= 0.3 is 0 Å². The molecule has 0 spiro atoms. The van der Waals surface area contributed by atoms with Crippen LogP contribution in [0.4, 0.5) is 0 Å². The van der Waals surface area contributed by atoms with Gasteiger partial charge in [-0.2, -0.15) is 0 Å². The van der Waals surface area contributed by atoms with Crippen molar-refractivity contribution in [1.82, 2.24) is 4.57 Å². The number of hydrogen-bond donors (Lipinski definition) is 0. The lowest BCUT2D eigenvalue weighted by Gasteiger charge is -2.29. The molecule has 0 fully saturated rings. The van der Waals surface area contributed by atoms with Crippen molar-refractivity contribution in [3.05, 3.63) is 174 Å². The first-order chi connectivity index (χ1) is 24.3. The van der Waals surface area contributed by atoms with E-state index in [0.717, 1.165) is 30.6 Å². The SMILES string of the molecule is CCC1c2oc3ccccc3c2C=CC1n1c2ccccc2c2c3c(ccc21)-c1ccccc1C3CCc1cccc(-c2ccccc2)c1. The Kier molecular flexibility index (Phi) is 6.52. The van der Waals surface area contributed by atoms with Gasteiger partial charge in [-0.1, -0.05) is 140 Å². The molecule has 3 unspecified atom stereocenters. The molecule has 49 heavy (non-hydrogen) atoms. The molecule has 0 aliphatic heterocycles. The Bertz CT molecular complexity index is 2560. The van der Waals surface area contributed by atoms with Gasteiger partial charge < -0.3 is 8.98 Å². The quantitative estimate of drug-likeness (QED) is 0.179. The Morgan fingerprint density at radius 1 is 0.653 bits per heavy atom. The minimum absolute atomic E-state index is 0.154. The molecule has 0 N–H and O–H groups in total. The summed E-state index contributed by atoms with van der Waals surface area (Å²) in [6, 6.07) is 51.5. The Labute approximate surface area is 287 Å². The van der Waals surface area contributed by atoms with Crippen molar-refractivity contribution in [2.45, 2.75) is 44.1 Å². The highest BCUT2D eigenvalue weighted by atomic mass is 16.3. The van der Waals surface area contributed by atoms with Gasteiger partial charge in [-0.3, -0.25) is 0 Å². The highest BCUT2D eigenvalue weighted by Crippen LogP contribution is 2.53. The Morgan fingerprint density at radius 2 is 1.43 bits per heavy atom. The first kappa shape index (κ1) is 28.4.